The van der Waals surface area contributed by atoms with E-state index in [2.05, 4.69) is 42.6 Å². The molecule has 7 heteroatoms. The molecule has 1 aromatic rings. The zero-order chi connectivity index (χ0) is 11.3. The van der Waals surface area contributed by atoms with Crippen molar-refractivity contribution in [3.63, 3.8) is 0 Å². The third-order valence-electron chi connectivity index (χ3n) is 1.59. The van der Waals surface area contributed by atoms with Crippen LogP contribution in [-0.4, -0.2) is 40.8 Å². The van der Waals surface area contributed by atoms with E-state index in [0.29, 0.717) is 0 Å². The molecule has 1 aromatic heterocycles. The molecule has 0 aliphatic rings. The standard InChI is InChI=1S/C8H10IN3O3/c1-15-7(14)6(4-13)12-8-10-2-5(9)3-11-8/h2-3,6,13H,4H2,1H3,(H,10,11,12). The molecule has 0 saturated heterocycles. The zero-order valence-corrected chi connectivity index (χ0v) is 10.1. The van der Waals surface area contributed by atoms with Crippen LogP contribution in [0.15, 0.2) is 12.4 Å². The lowest BCUT2D eigenvalue weighted by Crippen LogP contribution is -2.34. The SMILES string of the molecule is COC(=O)C(CO)Nc1ncc(I)cn1. The van der Waals surface area contributed by atoms with E-state index >= 15 is 0 Å². The first-order valence-electron chi connectivity index (χ1n) is 4.10. The average Bonchev–Trinajstić information content (AvgIpc) is 2.27. The van der Waals surface area contributed by atoms with Gasteiger partial charge in [0.1, 0.15) is 0 Å². The molecule has 0 fully saturated rings. The number of ether oxygens (including phenoxy) is 1. The van der Waals surface area contributed by atoms with Crippen LogP contribution in [0.3, 0.4) is 0 Å². The first kappa shape index (κ1) is 12.1. The summed E-state index contributed by atoms with van der Waals surface area (Å²) >= 11 is 2.07. The number of rotatable bonds is 4. The summed E-state index contributed by atoms with van der Waals surface area (Å²) in [5.74, 6) is -0.278. The minimum atomic E-state index is -0.838. The molecule has 0 aliphatic carbocycles. The second-order valence-electron chi connectivity index (χ2n) is 2.63. The molecule has 15 heavy (non-hydrogen) atoms. The van der Waals surface area contributed by atoms with Crippen molar-refractivity contribution >= 4 is 34.5 Å². The fourth-order valence-electron chi connectivity index (χ4n) is 0.864. The number of carbonyl (C=O) groups is 1. The number of aliphatic hydroxyl groups is 1. The highest BCUT2D eigenvalue weighted by Gasteiger charge is 2.18. The molecular formula is C8H10IN3O3. The normalized spacial score (nSPS) is 11.9. The van der Waals surface area contributed by atoms with Crippen LogP contribution in [0, 0.1) is 3.57 Å². The number of halogens is 1. The molecule has 6 nitrogen and oxygen atoms in total. The number of nitrogens with zero attached hydrogens (tertiary/aromatic N) is 2. The second-order valence-corrected chi connectivity index (χ2v) is 3.87. The molecule has 0 aromatic carbocycles. The van der Waals surface area contributed by atoms with Crippen molar-refractivity contribution in [3.05, 3.63) is 16.0 Å². The van der Waals surface area contributed by atoms with E-state index in [1.165, 1.54) is 7.11 Å². The molecular weight excluding hydrogens is 313 g/mol. The quantitative estimate of drug-likeness (QED) is 0.601. The Kier molecular flexibility index (Phi) is 4.69. The highest BCUT2D eigenvalue weighted by Crippen LogP contribution is 2.04. The summed E-state index contributed by atoms with van der Waals surface area (Å²) < 4.78 is 5.37. The van der Waals surface area contributed by atoms with Gasteiger partial charge in [-0.3, -0.25) is 0 Å². The summed E-state index contributed by atoms with van der Waals surface area (Å²) in [6.07, 6.45) is 3.20. The molecule has 1 heterocycles. The molecule has 2 N–H and O–H groups in total. The van der Waals surface area contributed by atoms with E-state index in [1.54, 1.807) is 12.4 Å². The van der Waals surface area contributed by atoms with Gasteiger partial charge in [-0.25, -0.2) is 14.8 Å². The Morgan fingerprint density at radius 3 is 2.73 bits per heavy atom. The van der Waals surface area contributed by atoms with Crippen molar-refractivity contribution in [1.29, 1.82) is 0 Å². The van der Waals surface area contributed by atoms with Gasteiger partial charge >= 0.3 is 5.97 Å². The van der Waals surface area contributed by atoms with E-state index < -0.39 is 12.0 Å². The van der Waals surface area contributed by atoms with Gasteiger partial charge in [0.05, 0.1) is 13.7 Å². The van der Waals surface area contributed by atoms with Gasteiger partial charge in [0.25, 0.3) is 0 Å². The van der Waals surface area contributed by atoms with Gasteiger partial charge in [-0.2, -0.15) is 0 Å². The Labute approximate surface area is 100 Å². The van der Waals surface area contributed by atoms with E-state index in [1.807, 2.05) is 0 Å². The van der Waals surface area contributed by atoms with Crippen LogP contribution in [0.4, 0.5) is 5.95 Å². The number of methoxy groups -OCH3 is 1. The predicted molar refractivity (Wildman–Crippen MR) is 61.3 cm³/mol. The van der Waals surface area contributed by atoms with E-state index in [0.717, 1.165) is 3.57 Å². The number of aliphatic hydroxyl groups excluding tert-OH is 1. The molecule has 0 saturated carbocycles. The number of hydrogen-bond donors (Lipinski definition) is 2. The maximum absolute atomic E-state index is 11.1. The second kappa shape index (κ2) is 5.81. The smallest absolute Gasteiger partial charge is 0.330 e. The Morgan fingerprint density at radius 2 is 2.27 bits per heavy atom. The van der Waals surface area contributed by atoms with E-state index in [-0.39, 0.29) is 12.6 Å². The average molecular weight is 323 g/mol. The molecule has 0 spiro atoms. The summed E-state index contributed by atoms with van der Waals surface area (Å²) in [7, 11) is 1.25. The number of hydrogen-bond acceptors (Lipinski definition) is 6. The molecule has 0 aliphatic heterocycles. The lowest BCUT2D eigenvalue weighted by Gasteiger charge is -2.13. The topological polar surface area (TPSA) is 84.3 Å². The van der Waals surface area contributed by atoms with Crippen molar-refractivity contribution in [1.82, 2.24) is 9.97 Å². The highest BCUT2D eigenvalue weighted by atomic mass is 127. The van der Waals surface area contributed by atoms with Crippen LogP contribution in [0.2, 0.25) is 0 Å². The van der Waals surface area contributed by atoms with Crippen molar-refractivity contribution in [3.8, 4) is 0 Å². The largest absolute Gasteiger partial charge is 0.467 e. The van der Waals surface area contributed by atoms with Crippen LogP contribution in [-0.2, 0) is 9.53 Å². The number of carbonyl (C=O) groups excluding carboxylic acids is 1. The van der Waals surface area contributed by atoms with Gasteiger partial charge in [-0.1, -0.05) is 0 Å². The first-order valence-corrected chi connectivity index (χ1v) is 5.18. The molecule has 0 radical (unpaired) electrons. The zero-order valence-electron chi connectivity index (χ0n) is 7.98. The Bertz CT molecular complexity index is 330. The van der Waals surface area contributed by atoms with Gasteiger partial charge in [0, 0.05) is 16.0 Å². The highest BCUT2D eigenvalue weighted by molar-refractivity contribution is 14.1. The summed E-state index contributed by atoms with van der Waals surface area (Å²) in [4.78, 5) is 19.0. The van der Waals surface area contributed by atoms with Gasteiger partial charge < -0.3 is 15.2 Å². The van der Waals surface area contributed by atoms with Crippen molar-refractivity contribution < 1.29 is 14.6 Å². The maximum atomic E-state index is 11.1. The van der Waals surface area contributed by atoms with Gasteiger partial charge in [-0.15, -0.1) is 0 Å². The molecule has 0 bridgehead atoms. The monoisotopic (exact) mass is 323 g/mol. The van der Waals surface area contributed by atoms with Crippen LogP contribution < -0.4 is 5.32 Å². The maximum Gasteiger partial charge on any atom is 0.330 e. The van der Waals surface area contributed by atoms with E-state index in [4.69, 9.17) is 5.11 Å². The number of aromatic nitrogens is 2. The van der Waals surface area contributed by atoms with E-state index in [9.17, 15) is 4.79 Å². The van der Waals surface area contributed by atoms with Gasteiger partial charge in [0.2, 0.25) is 5.95 Å². The predicted octanol–water partition coefficient (Wildman–Crippen LogP) is 0.0270. The van der Waals surface area contributed by atoms with Crippen molar-refractivity contribution in [2.45, 2.75) is 6.04 Å². The van der Waals surface area contributed by atoms with Crippen molar-refractivity contribution in [2.24, 2.45) is 0 Å². The summed E-state index contributed by atoms with van der Waals surface area (Å²) in [5, 5.41) is 11.6. The van der Waals surface area contributed by atoms with Crippen LogP contribution >= 0.6 is 22.6 Å². The Balaban J connectivity index is 2.66. The van der Waals surface area contributed by atoms with Crippen molar-refractivity contribution in [2.75, 3.05) is 19.0 Å². The molecule has 0 amide bonds. The molecule has 82 valence electrons. The van der Waals surface area contributed by atoms with Crippen LogP contribution in [0.1, 0.15) is 0 Å². The summed E-state index contributed by atoms with van der Waals surface area (Å²) in [6, 6.07) is -0.838. The van der Waals surface area contributed by atoms with Crippen LogP contribution in [0.5, 0.6) is 0 Å². The lowest BCUT2D eigenvalue weighted by atomic mass is 10.3. The molecule has 1 rings (SSSR count). The molecule has 1 unspecified atom stereocenters. The minimum absolute atomic E-state index is 0.278. The number of nitrogens with one attached hydrogen (secondary N) is 1. The summed E-state index contributed by atoms with van der Waals surface area (Å²) in [5.41, 5.74) is 0. The Hall–Kier alpha value is -0.960. The third kappa shape index (κ3) is 3.59. The summed E-state index contributed by atoms with van der Waals surface area (Å²) in [6.45, 7) is -0.373. The number of esters is 1. The fraction of sp³-hybridized carbons (Fsp3) is 0.375. The van der Waals surface area contributed by atoms with Crippen LogP contribution in [0.25, 0.3) is 0 Å². The minimum Gasteiger partial charge on any atom is -0.467 e. The van der Waals surface area contributed by atoms with Gasteiger partial charge in [-0.05, 0) is 22.6 Å². The Morgan fingerprint density at radius 1 is 1.67 bits per heavy atom. The third-order valence-corrected chi connectivity index (χ3v) is 2.15. The molecule has 1 atom stereocenters. The van der Waals surface area contributed by atoms with Gasteiger partial charge in [0.15, 0.2) is 6.04 Å². The fourth-order valence-corrected chi connectivity index (χ4v) is 1.14. The first-order chi connectivity index (χ1) is 7.17. The number of anilines is 1. The lowest BCUT2D eigenvalue weighted by molar-refractivity contribution is -0.142.